The van der Waals surface area contributed by atoms with Crippen LogP contribution in [0.2, 0.25) is 0 Å². The fourth-order valence-corrected chi connectivity index (χ4v) is 4.60. The molecule has 0 aromatic heterocycles. The van der Waals surface area contributed by atoms with Gasteiger partial charge in [-0.05, 0) is 16.7 Å². The van der Waals surface area contributed by atoms with Crippen LogP contribution in [0.5, 0.6) is 0 Å². The van der Waals surface area contributed by atoms with Crippen molar-refractivity contribution in [3.05, 3.63) is 120 Å². The second-order valence-electron chi connectivity index (χ2n) is 8.69. The summed E-state index contributed by atoms with van der Waals surface area (Å²) in [5, 5.41) is 0. The number of terminal acetylenes is 1. The van der Waals surface area contributed by atoms with Crippen molar-refractivity contribution in [3.63, 3.8) is 0 Å². The van der Waals surface area contributed by atoms with Crippen molar-refractivity contribution in [3.8, 4) is 12.3 Å². The van der Waals surface area contributed by atoms with Gasteiger partial charge in [-0.3, -0.25) is 4.90 Å². The third kappa shape index (κ3) is 6.69. The van der Waals surface area contributed by atoms with Crippen molar-refractivity contribution in [1.29, 1.82) is 0 Å². The summed E-state index contributed by atoms with van der Waals surface area (Å²) in [5.41, 5.74) is 3.36. The summed E-state index contributed by atoms with van der Waals surface area (Å²) >= 11 is 0. The van der Waals surface area contributed by atoms with Crippen LogP contribution < -0.4 is 0 Å². The minimum absolute atomic E-state index is 0.0674. The number of nitrogens with zero attached hydrogens (tertiary/aromatic N) is 1. The van der Waals surface area contributed by atoms with Crippen molar-refractivity contribution < 1.29 is 14.2 Å². The van der Waals surface area contributed by atoms with Crippen LogP contribution in [0, 0.1) is 12.3 Å². The van der Waals surface area contributed by atoms with Crippen LogP contribution in [-0.2, 0) is 34.0 Å². The van der Waals surface area contributed by atoms with Crippen molar-refractivity contribution in [2.75, 3.05) is 13.2 Å². The van der Waals surface area contributed by atoms with E-state index in [0.29, 0.717) is 33.0 Å². The van der Waals surface area contributed by atoms with Crippen LogP contribution in [0.1, 0.15) is 16.7 Å². The molecular weight excluding hydrogens is 434 g/mol. The first-order chi connectivity index (χ1) is 17.3. The Kier molecular flexibility index (Phi) is 9.28. The zero-order chi connectivity index (χ0) is 24.3. The first-order valence-electron chi connectivity index (χ1n) is 12.0. The van der Waals surface area contributed by atoms with Gasteiger partial charge < -0.3 is 14.2 Å². The van der Waals surface area contributed by atoms with Crippen molar-refractivity contribution >= 4 is 0 Å². The molecule has 1 aliphatic rings. The van der Waals surface area contributed by atoms with Gasteiger partial charge in [-0.2, -0.15) is 0 Å². The van der Waals surface area contributed by atoms with Crippen molar-refractivity contribution in [1.82, 2.24) is 4.90 Å². The molecule has 4 atom stereocenters. The van der Waals surface area contributed by atoms with Crippen LogP contribution in [0.25, 0.3) is 0 Å². The minimum atomic E-state index is -0.231. The van der Waals surface area contributed by atoms with Gasteiger partial charge in [-0.1, -0.05) is 103 Å². The Labute approximate surface area is 209 Å². The molecule has 3 aromatic carbocycles. The zero-order valence-electron chi connectivity index (χ0n) is 20.0. The predicted octanol–water partition coefficient (Wildman–Crippen LogP) is 5.25. The van der Waals surface area contributed by atoms with Crippen LogP contribution >= 0.6 is 0 Å². The molecular formula is C31H33NO3. The van der Waals surface area contributed by atoms with Gasteiger partial charge in [-0.15, -0.1) is 13.0 Å². The summed E-state index contributed by atoms with van der Waals surface area (Å²) in [7, 11) is 0. The molecule has 0 radical (unpaired) electrons. The topological polar surface area (TPSA) is 30.9 Å². The highest BCUT2D eigenvalue weighted by Crippen LogP contribution is 2.32. The van der Waals surface area contributed by atoms with Gasteiger partial charge in [0.2, 0.25) is 0 Å². The molecule has 0 amide bonds. The highest BCUT2D eigenvalue weighted by molar-refractivity contribution is 5.17. The molecule has 3 aromatic rings. The molecule has 0 unspecified atom stereocenters. The Hall–Kier alpha value is -3.20. The molecule has 1 fully saturated rings. The van der Waals surface area contributed by atoms with E-state index in [2.05, 4.69) is 53.8 Å². The maximum atomic E-state index is 6.55. The van der Waals surface area contributed by atoms with Gasteiger partial charge >= 0.3 is 0 Å². The quantitative estimate of drug-likeness (QED) is 0.269. The second-order valence-corrected chi connectivity index (χ2v) is 8.69. The highest BCUT2D eigenvalue weighted by atomic mass is 16.5. The summed E-state index contributed by atoms with van der Waals surface area (Å²) in [6, 6.07) is 30.4. The summed E-state index contributed by atoms with van der Waals surface area (Å²) in [6.07, 6.45) is 7.24. The Morgan fingerprint density at radius 2 is 1.23 bits per heavy atom. The SMILES string of the molecule is C#CCN1[C@H](C=C)[C@@H](OCc2ccccc2)[C@H](OCc2ccccc2)[C@@H]1COCc1ccccc1. The van der Waals surface area contributed by atoms with Crippen LogP contribution in [0.15, 0.2) is 104 Å². The number of hydrogen-bond acceptors (Lipinski definition) is 4. The van der Waals surface area contributed by atoms with Crippen LogP contribution in [0.3, 0.4) is 0 Å². The average molecular weight is 468 g/mol. The zero-order valence-corrected chi connectivity index (χ0v) is 20.0. The molecule has 180 valence electrons. The molecule has 1 heterocycles. The van der Waals surface area contributed by atoms with E-state index in [9.17, 15) is 0 Å². The van der Waals surface area contributed by atoms with E-state index in [0.717, 1.165) is 16.7 Å². The Balaban J connectivity index is 1.54. The third-order valence-corrected chi connectivity index (χ3v) is 6.33. The van der Waals surface area contributed by atoms with E-state index < -0.39 is 0 Å². The number of likely N-dealkylation sites (tertiary alicyclic amines) is 1. The van der Waals surface area contributed by atoms with Crippen LogP contribution in [-0.4, -0.2) is 42.3 Å². The van der Waals surface area contributed by atoms with E-state index in [4.69, 9.17) is 20.6 Å². The fourth-order valence-electron chi connectivity index (χ4n) is 4.60. The molecule has 0 aliphatic carbocycles. The Bertz CT molecular complexity index is 1060. The Morgan fingerprint density at radius 3 is 1.71 bits per heavy atom. The normalized spacial score (nSPS) is 22.0. The van der Waals surface area contributed by atoms with E-state index in [-0.39, 0.29) is 24.3 Å². The molecule has 0 spiro atoms. The highest BCUT2D eigenvalue weighted by Gasteiger charge is 2.49. The van der Waals surface area contributed by atoms with Gasteiger partial charge in [0.05, 0.1) is 45.1 Å². The molecule has 0 saturated carbocycles. The number of hydrogen-bond donors (Lipinski definition) is 0. The predicted molar refractivity (Wildman–Crippen MR) is 139 cm³/mol. The smallest absolute Gasteiger partial charge is 0.105 e. The van der Waals surface area contributed by atoms with Gasteiger partial charge in [0.1, 0.15) is 12.2 Å². The summed E-state index contributed by atoms with van der Waals surface area (Å²) in [5.74, 6) is 2.81. The minimum Gasteiger partial charge on any atom is -0.375 e. The average Bonchev–Trinajstić information content (AvgIpc) is 3.19. The lowest BCUT2D eigenvalue weighted by Crippen LogP contribution is -2.42. The number of benzene rings is 3. The molecule has 1 saturated heterocycles. The largest absolute Gasteiger partial charge is 0.375 e. The van der Waals surface area contributed by atoms with Gasteiger partial charge in [0.25, 0.3) is 0 Å². The molecule has 0 N–H and O–H groups in total. The monoisotopic (exact) mass is 467 g/mol. The Morgan fingerprint density at radius 1 is 0.743 bits per heavy atom. The molecule has 0 bridgehead atoms. The van der Waals surface area contributed by atoms with Crippen molar-refractivity contribution in [2.45, 2.75) is 44.1 Å². The van der Waals surface area contributed by atoms with E-state index in [1.165, 1.54) is 0 Å². The first-order valence-corrected chi connectivity index (χ1v) is 12.0. The van der Waals surface area contributed by atoms with Gasteiger partial charge in [0.15, 0.2) is 0 Å². The maximum Gasteiger partial charge on any atom is 0.105 e. The first kappa shape index (κ1) is 24.9. The summed E-state index contributed by atoms with van der Waals surface area (Å²) < 4.78 is 19.2. The molecule has 4 nitrogen and oxygen atoms in total. The fraction of sp³-hybridized carbons (Fsp3) is 0.290. The second kappa shape index (κ2) is 13.0. The van der Waals surface area contributed by atoms with E-state index in [1.54, 1.807) is 0 Å². The maximum absolute atomic E-state index is 6.55. The van der Waals surface area contributed by atoms with E-state index in [1.807, 2.05) is 60.7 Å². The van der Waals surface area contributed by atoms with Crippen molar-refractivity contribution in [2.24, 2.45) is 0 Å². The lowest BCUT2D eigenvalue weighted by atomic mass is 10.1. The third-order valence-electron chi connectivity index (χ3n) is 6.33. The molecule has 4 heteroatoms. The molecule has 35 heavy (non-hydrogen) atoms. The van der Waals surface area contributed by atoms with E-state index >= 15 is 0 Å². The molecule has 1 aliphatic heterocycles. The summed E-state index contributed by atoms with van der Waals surface area (Å²) in [6.45, 7) is 6.55. The lowest BCUT2D eigenvalue weighted by molar-refractivity contribution is -0.0841. The molecule has 4 rings (SSSR count). The summed E-state index contributed by atoms with van der Waals surface area (Å²) in [4.78, 5) is 2.23. The number of ether oxygens (including phenoxy) is 3. The van der Waals surface area contributed by atoms with Crippen LogP contribution in [0.4, 0.5) is 0 Å². The van der Waals surface area contributed by atoms with Gasteiger partial charge in [-0.25, -0.2) is 0 Å². The number of rotatable bonds is 12. The van der Waals surface area contributed by atoms with Gasteiger partial charge in [0, 0.05) is 0 Å². The standard InChI is InChI=1S/C31H33NO3/c1-3-20-32-28(4-2)30(34-22-26-16-10-6-11-17-26)31(35-23-27-18-12-7-13-19-27)29(32)24-33-21-25-14-8-5-9-15-25/h1,4-19,28-31H,2,20-24H2/t28-,29+,30-,31-/m1/s1. The lowest BCUT2D eigenvalue weighted by Gasteiger charge is -2.28.